The number of esters is 1. The Bertz CT molecular complexity index is 498. The highest BCUT2D eigenvalue weighted by atomic mass is 16.5. The van der Waals surface area contributed by atoms with Gasteiger partial charge in [-0.25, -0.2) is 4.79 Å². The van der Waals surface area contributed by atoms with Crippen molar-refractivity contribution >= 4 is 5.97 Å². The van der Waals surface area contributed by atoms with Crippen LogP contribution in [0.5, 0.6) is 0 Å². The van der Waals surface area contributed by atoms with Crippen molar-refractivity contribution < 1.29 is 9.53 Å². The monoisotopic (exact) mass is 233 g/mol. The lowest BCUT2D eigenvalue weighted by Crippen LogP contribution is -2.17. The average molecular weight is 233 g/mol. The summed E-state index contributed by atoms with van der Waals surface area (Å²) in [5.41, 5.74) is 0.209. The van der Waals surface area contributed by atoms with E-state index in [9.17, 15) is 9.59 Å². The summed E-state index contributed by atoms with van der Waals surface area (Å²) >= 11 is 0. The van der Waals surface area contributed by atoms with E-state index < -0.39 is 5.97 Å². The second-order valence-electron chi connectivity index (χ2n) is 3.42. The summed E-state index contributed by atoms with van der Waals surface area (Å²) in [6, 6.07) is 2.80. The molecule has 0 bridgehead atoms. The number of hydrogen-bond donors (Lipinski definition) is 0. The van der Waals surface area contributed by atoms with Crippen LogP contribution in [0.25, 0.3) is 0 Å². The predicted molar refractivity (Wildman–Crippen MR) is 65.9 cm³/mol. The van der Waals surface area contributed by atoms with Gasteiger partial charge in [0.1, 0.15) is 6.61 Å². The average Bonchev–Trinajstić information content (AvgIpc) is 2.32. The molecule has 0 amide bonds. The number of nitrogens with zero attached hydrogens (tertiary/aromatic N) is 1. The van der Waals surface area contributed by atoms with Crippen LogP contribution in [0, 0.1) is 0 Å². The predicted octanol–water partition coefficient (Wildman–Crippen LogP) is 1.67. The highest BCUT2D eigenvalue weighted by Gasteiger charge is 2.06. The van der Waals surface area contributed by atoms with Gasteiger partial charge in [0.15, 0.2) is 0 Å². The zero-order chi connectivity index (χ0) is 12.7. The second kappa shape index (κ2) is 6.48. The third-order valence-electron chi connectivity index (χ3n) is 2.07. The fourth-order valence-corrected chi connectivity index (χ4v) is 1.17. The van der Waals surface area contributed by atoms with E-state index in [0.717, 1.165) is 0 Å². The highest BCUT2D eigenvalue weighted by molar-refractivity contribution is 5.89. The summed E-state index contributed by atoms with van der Waals surface area (Å²) in [6.45, 7) is 2.12. The molecule has 0 N–H and O–H groups in total. The lowest BCUT2D eigenvalue weighted by Gasteiger charge is -2.03. The van der Waals surface area contributed by atoms with Crippen molar-refractivity contribution in [2.24, 2.45) is 7.05 Å². The van der Waals surface area contributed by atoms with E-state index >= 15 is 0 Å². The van der Waals surface area contributed by atoms with Gasteiger partial charge in [-0.05, 0) is 19.1 Å². The lowest BCUT2D eigenvalue weighted by atomic mass is 10.3. The van der Waals surface area contributed by atoms with Crippen LogP contribution in [0.1, 0.15) is 17.3 Å². The number of aryl methyl sites for hydroxylation is 1. The Kier molecular flexibility index (Phi) is 4.94. The summed E-state index contributed by atoms with van der Waals surface area (Å²) in [7, 11) is 1.59. The van der Waals surface area contributed by atoms with Gasteiger partial charge in [-0.2, -0.15) is 0 Å². The normalized spacial score (nSPS) is 11.2. The molecule has 0 saturated heterocycles. The first-order chi connectivity index (χ1) is 8.15. The van der Waals surface area contributed by atoms with Gasteiger partial charge in [-0.15, -0.1) is 0 Å². The third kappa shape index (κ3) is 4.10. The van der Waals surface area contributed by atoms with E-state index in [1.807, 2.05) is 19.1 Å². The molecule has 0 spiro atoms. The van der Waals surface area contributed by atoms with Gasteiger partial charge in [-0.1, -0.05) is 18.2 Å². The summed E-state index contributed by atoms with van der Waals surface area (Å²) in [4.78, 5) is 22.7. The molecule has 0 fully saturated rings. The van der Waals surface area contributed by atoms with Gasteiger partial charge < -0.3 is 9.30 Å². The maximum absolute atomic E-state index is 11.6. The van der Waals surface area contributed by atoms with Crippen LogP contribution in [0.15, 0.2) is 47.4 Å². The number of carbonyl (C=O) groups excluding carboxylic acids is 1. The first-order valence-corrected chi connectivity index (χ1v) is 5.27. The van der Waals surface area contributed by atoms with Gasteiger partial charge in [0.25, 0.3) is 0 Å². The van der Waals surface area contributed by atoms with Gasteiger partial charge in [0.2, 0.25) is 5.56 Å². The Balaban J connectivity index is 2.58. The smallest absolute Gasteiger partial charge is 0.339 e. The molecular formula is C13H15NO3. The van der Waals surface area contributed by atoms with Crippen LogP contribution in [0.2, 0.25) is 0 Å². The largest absolute Gasteiger partial charge is 0.458 e. The molecule has 0 radical (unpaired) electrons. The van der Waals surface area contributed by atoms with Crippen molar-refractivity contribution in [3.63, 3.8) is 0 Å². The van der Waals surface area contributed by atoms with E-state index in [-0.39, 0.29) is 12.2 Å². The van der Waals surface area contributed by atoms with Crippen molar-refractivity contribution in [3.05, 3.63) is 58.6 Å². The van der Waals surface area contributed by atoms with Crippen molar-refractivity contribution in [1.82, 2.24) is 4.57 Å². The van der Waals surface area contributed by atoms with E-state index in [4.69, 9.17) is 4.74 Å². The van der Waals surface area contributed by atoms with Crippen molar-refractivity contribution in [2.45, 2.75) is 6.92 Å². The molecule has 0 saturated carbocycles. The molecule has 4 heteroatoms. The van der Waals surface area contributed by atoms with Crippen LogP contribution in [0.3, 0.4) is 0 Å². The van der Waals surface area contributed by atoms with Crippen molar-refractivity contribution in [3.8, 4) is 0 Å². The van der Waals surface area contributed by atoms with Crippen molar-refractivity contribution in [1.29, 1.82) is 0 Å². The molecule has 0 aromatic carbocycles. The molecule has 0 unspecified atom stereocenters. The fraction of sp³-hybridized carbons (Fsp3) is 0.231. The number of allylic oxidation sites excluding steroid dienone is 3. The molecule has 1 aromatic heterocycles. The van der Waals surface area contributed by atoms with E-state index in [2.05, 4.69) is 0 Å². The summed E-state index contributed by atoms with van der Waals surface area (Å²) in [5.74, 6) is -0.439. The number of carbonyl (C=O) groups is 1. The first kappa shape index (κ1) is 13.0. The van der Waals surface area contributed by atoms with E-state index in [1.54, 1.807) is 19.2 Å². The van der Waals surface area contributed by atoms with Gasteiger partial charge >= 0.3 is 5.97 Å². The number of aromatic nitrogens is 1. The van der Waals surface area contributed by atoms with Crippen LogP contribution < -0.4 is 5.56 Å². The quantitative estimate of drug-likeness (QED) is 0.587. The highest BCUT2D eigenvalue weighted by Crippen LogP contribution is 1.98. The topological polar surface area (TPSA) is 48.3 Å². The van der Waals surface area contributed by atoms with E-state index in [1.165, 1.54) is 22.9 Å². The standard InChI is InChI=1S/C13H15NO3/c1-3-4-5-6-9-17-13(16)11-7-8-12(15)14(2)10-11/h3-8,10H,9H2,1-2H3. The van der Waals surface area contributed by atoms with Crippen LogP contribution in [-0.4, -0.2) is 17.1 Å². The van der Waals surface area contributed by atoms with Crippen molar-refractivity contribution in [2.75, 3.05) is 6.61 Å². The molecule has 0 aliphatic rings. The van der Waals surface area contributed by atoms with Gasteiger partial charge in [-0.3, -0.25) is 4.79 Å². The molecule has 1 aromatic rings. The Morgan fingerprint density at radius 1 is 1.41 bits per heavy atom. The molecule has 1 heterocycles. The molecule has 1 rings (SSSR count). The van der Waals surface area contributed by atoms with Gasteiger partial charge in [0.05, 0.1) is 5.56 Å². The molecular weight excluding hydrogens is 218 g/mol. The third-order valence-corrected chi connectivity index (χ3v) is 2.07. The van der Waals surface area contributed by atoms with Crippen LogP contribution in [-0.2, 0) is 11.8 Å². The molecule has 17 heavy (non-hydrogen) atoms. The summed E-state index contributed by atoms with van der Waals surface area (Å²) in [5, 5.41) is 0. The number of hydrogen-bond acceptors (Lipinski definition) is 3. The zero-order valence-corrected chi connectivity index (χ0v) is 9.92. The minimum Gasteiger partial charge on any atom is -0.458 e. The Hall–Kier alpha value is -2.10. The van der Waals surface area contributed by atoms with Crippen LogP contribution in [0.4, 0.5) is 0 Å². The molecule has 4 nitrogen and oxygen atoms in total. The fourth-order valence-electron chi connectivity index (χ4n) is 1.17. The first-order valence-electron chi connectivity index (χ1n) is 5.27. The zero-order valence-electron chi connectivity index (χ0n) is 9.92. The Morgan fingerprint density at radius 3 is 2.82 bits per heavy atom. The molecule has 0 aliphatic heterocycles. The van der Waals surface area contributed by atoms with Crippen LogP contribution >= 0.6 is 0 Å². The molecule has 0 aliphatic carbocycles. The minimum absolute atomic E-state index is 0.158. The summed E-state index contributed by atoms with van der Waals surface area (Å²) in [6.07, 6.45) is 8.72. The van der Waals surface area contributed by atoms with Gasteiger partial charge in [0, 0.05) is 19.3 Å². The number of pyridine rings is 1. The number of ether oxygens (including phenoxy) is 1. The lowest BCUT2D eigenvalue weighted by molar-refractivity contribution is 0.0548. The Labute approximate surface area is 99.8 Å². The maximum atomic E-state index is 11.6. The maximum Gasteiger partial charge on any atom is 0.339 e. The Morgan fingerprint density at radius 2 is 2.18 bits per heavy atom. The molecule has 0 atom stereocenters. The SMILES string of the molecule is CC=CC=CCOC(=O)c1ccc(=O)n(C)c1. The summed E-state index contributed by atoms with van der Waals surface area (Å²) < 4.78 is 6.33. The molecule has 90 valence electrons. The minimum atomic E-state index is -0.439. The number of rotatable bonds is 4. The van der Waals surface area contributed by atoms with E-state index in [0.29, 0.717) is 5.56 Å². The second-order valence-corrected chi connectivity index (χ2v) is 3.42.